The summed E-state index contributed by atoms with van der Waals surface area (Å²) in [5, 5.41) is 0.627. The van der Waals surface area contributed by atoms with Crippen molar-refractivity contribution in [3.63, 3.8) is 0 Å². The van der Waals surface area contributed by atoms with Gasteiger partial charge in [0, 0.05) is 11.8 Å². The zero-order valence-electron chi connectivity index (χ0n) is 8.39. The maximum absolute atomic E-state index is 4.50. The van der Waals surface area contributed by atoms with Crippen molar-refractivity contribution in [2.45, 2.75) is 24.6 Å². The Morgan fingerprint density at radius 2 is 1.79 bits per heavy atom. The van der Waals surface area contributed by atoms with E-state index in [9.17, 15) is 0 Å². The van der Waals surface area contributed by atoms with Gasteiger partial charge in [-0.05, 0) is 31.5 Å². The van der Waals surface area contributed by atoms with E-state index in [-0.39, 0.29) is 0 Å². The third-order valence-electron chi connectivity index (χ3n) is 2.81. The van der Waals surface area contributed by atoms with E-state index in [0.29, 0.717) is 5.25 Å². The highest BCUT2D eigenvalue weighted by molar-refractivity contribution is 7.80. The van der Waals surface area contributed by atoms with Gasteiger partial charge < -0.3 is 0 Å². The van der Waals surface area contributed by atoms with Crippen LogP contribution < -0.4 is 0 Å². The highest BCUT2D eigenvalue weighted by atomic mass is 32.1. The van der Waals surface area contributed by atoms with Gasteiger partial charge in [-0.1, -0.05) is 30.3 Å². The van der Waals surface area contributed by atoms with Crippen LogP contribution in [0.4, 0.5) is 0 Å². The normalized spacial score (nSPS) is 19.8. The van der Waals surface area contributed by atoms with E-state index in [0.717, 1.165) is 6.54 Å². The topological polar surface area (TPSA) is 3.24 Å². The highest BCUT2D eigenvalue weighted by Crippen LogP contribution is 2.16. The summed E-state index contributed by atoms with van der Waals surface area (Å²) in [6.45, 7) is 3.49. The Morgan fingerprint density at radius 3 is 2.43 bits per heavy atom. The van der Waals surface area contributed by atoms with Gasteiger partial charge in [0.25, 0.3) is 0 Å². The molecule has 0 amide bonds. The largest absolute Gasteiger partial charge is 0.299 e. The van der Waals surface area contributed by atoms with Crippen molar-refractivity contribution in [3.8, 4) is 0 Å². The van der Waals surface area contributed by atoms with Crippen LogP contribution in [0, 0.1) is 0 Å². The first-order chi connectivity index (χ1) is 6.84. The zero-order valence-corrected chi connectivity index (χ0v) is 9.29. The lowest BCUT2D eigenvalue weighted by Gasteiger charge is -2.29. The average Bonchev–Trinajstić information content (AvgIpc) is 2.23. The number of likely N-dealkylation sites (tertiary alicyclic amines) is 1. The number of rotatable bonds is 2. The van der Waals surface area contributed by atoms with Gasteiger partial charge >= 0.3 is 0 Å². The van der Waals surface area contributed by atoms with Gasteiger partial charge in [0.15, 0.2) is 0 Å². The van der Waals surface area contributed by atoms with Crippen LogP contribution in [-0.2, 0) is 6.54 Å². The van der Waals surface area contributed by atoms with Crippen molar-refractivity contribution < 1.29 is 0 Å². The predicted molar refractivity (Wildman–Crippen MR) is 63.7 cm³/mol. The summed E-state index contributed by atoms with van der Waals surface area (Å²) < 4.78 is 0. The van der Waals surface area contributed by atoms with E-state index in [2.05, 4.69) is 47.9 Å². The van der Waals surface area contributed by atoms with Crippen LogP contribution in [0.3, 0.4) is 0 Å². The lowest BCUT2D eigenvalue weighted by atomic mass is 10.1. The average molecular weight is 207 g/mol. The number of hydrogen-bond donors (Lipinski definition) is 1. The Labute approximate surface area is 91.5 Å². The van der Waals surface area contributed by atoms with Crippen molar-refractivity contribution in [2.24, 2.45) is 0 Å². The third kappa shape index (κ3) is 2.76. The summed E-state index contributed by atoms with van der Waals surface area (Å²) >= 11 is 4.50. The summed E-state index contributed by atoms with van der Waals surface area (Å²) in [5.41, 5.74) is 1.42. The number of thiol groups is 1. The quantitative estimate of drug-likeness (QED) is 0.730. The molecule has 0 saturated carbocycles. The van der Waals surface area contributed by atoms with Gasteiger partial charge in [-0.15, -0.1) is 0 Å². The van der Waals surface area contributed by atoms with Gasteiger partial charge in [0.1, 0.15) is 0 Å². The first-order valence-corrected chi connectivity index (χ1v) is 5.80. The van der Waals surface area contributed by atoms with E-state index in [1.165, 1.54) is 31.5 Å². The minimum atomic E-state index is 0.627. The molecule has 14 heavy (non-hydrogen) atoms. The fraction of sp³-hybridized carbons (Fsp3) is 0.500. The van der Waals surface area contributed by atoms with E-state index in [1.54, 1.807) is 0 Å². The smallest absolute Gasteiger partial charge is 0.0233 e. The Kier molecular flexibility index (Phi) is 3.49. The molecule has 0 aromatic heterocycles. The minimum Gasteiger partial charge on any atom is -0.299 e. The van der Waals surface area contributed by atoms with Gasteiger partial charge in [-0.3, -0.25) is 4.90 Å². The standard InChI is InChI=1S/C12H17NS/c14-12-6-8-13(9-7-12)10-11-4-2-1-3-5-11/h1-5,12,14H,6-10H2. The fourth-order valence-corrected chi connectivity index (χ4v) is 2.15. The molecule has 76 valence electrons. The Morgan fingerprint density at radius 1 is 1.14 bits per heavy atom. The van der Waals surface area contributed by atoms with Crippen molar-refractivity contribution in [1.82, 2.24) is 4.90 Å². The number of hydrogen-bond acceptors (Lipinski definition) is 2. The van der Waals surface area contributed by atoms with Crippen molar-refractivity contribution in [1.29, 1.82) is 0 Å². The molecule has 2 heteroatoms. The molecule has 0 bridgehead atoms. The second-order valence-corrected chi connectivity index (χ2v) is 4.72. The molecule has 2 rings (SSSR count). The maximum Gasteiger partial charge on any atom is 0.0233 e. The van der Waals surface area contributed by atoms with Crippen LogP contribution in [0.25, 0.3) is 0 Å². The zero-order chi connectivity index (χ0) is 9.80. The summed E-state index contributed by atoms with van der Waals surface area (Å²) in [4.78, 5) is 2.52. The molecule has 0 unspecified atom stereocenters. The molecule has 1 fully saturated rings. The summed E-state index contributed by atoms with van der Waals surface area (Å²) in [7, 11) is 0. The van der Waals surface area contributed by atoms with E-state index < -0.39 is 0 Å². The number of nitrogens with zero attached hydrogens (tertiary/aromatic N) is 1. The van der Waals surface area contributed by atoms with Crippen LogP contribution in [0.15, 0.2) is 30.3 Å². The number of benzene rings is 1. The maximum atomic E-state index is 4.50. The minimum absolute atomic E-state index is 0.627. The van der Waals surface area contributed by atoms with Crippen LogP contribution in [0.2, 0.25) is 0 Å². The van der Waals surface area contributed by atoms with E-state index >= 15 is 0 Å². The predicted octanol–water partition coefficient (Wildman–Crippen LogP) is 2.58. The molecule has 0 aliphatic carbocycles. The van der Waals surface area contributed by atoms with E-state index in [1.807, 2.05) is 0 Å². The molecule has 0 radical (unpaired) electrons. The monoisotopic (exact) mass is 207 g/mol. The lowest BCUT2D eigenvalue weighted by Crippen LogP contribution is -2.33. The lowest BCUT2D eigenvalue weighted by molar-refractivity contribution is 0.225. The summed E-state index contributed by atoms with van der Waals surface area (Å²) in [6, 6.07) is 10.7. The van der Waals surface area contributed by atoms with Gasteiger partial charge in [0.05, 0.1) is 0 Å². The fourth-order valence-electron chi connectivity index (χ4n) is 1.92. The molecule has 1 aromatic carbocycles. The highest BCUT2D eigenvalue weighted by Gasteiger charge is 2.15. The SMILES string of the molecule is SC1CCN(Cc2ccccc2)CC1. The van der Waals surface area contributed by atoms with Gasteiger partial charge in [0.2, 0.25) is 0 Å². The molecule has 1 nitrogen and oxygen atoms in total. The van der Waals surface area contributed by atoms with Crippen molar-refractivity contribution >= 4 is 12.6 Å². The van der Waals surface area contributed by atoms with Crippen LogP contribution in [-0.4, -0.2) is 23.2 Å². The molecule has 0 spiro atoms. The molecule has 0 atom stereocenters. The molecule has 1 aromatic rings. The molecule has 1 aliphatic rings. The Hall–Kier alpha value is -0.470. The molecular formula is C12H17NS. The van der Waals surface area contributed by atoms with Crippen LogP contribution in [0.5, 0.6) is 0 Å². The van der Waals surface area contributed by atoms with Crippen LogP contribution >= 0.6 is 12.6 Å². The third-order valence-corrected chi connectivity index (χ3v) is 3.32. The molecule has 0 N–H and O–H groups in total. The van der Waals surface area contributed by atoms with Gasteiger partial charge in [-0.25, -0.2) is 0 Å². The molecule has 1 heterocycles. The summed E-state index contributed by atoms with van der Waals surface area (Å²) in [6.07, 6.45) is 2.46. The molecular weight excluding hydrogens is 190 g/mol. The molecule has 1 aliphatic heterocycles. The van der Waals surface area contributed by atoms with Crippen LogP contribution in [0.1, 0.15) is 18.4 Å². The first-order valence-electron chi connectivity index (χ1n) is 5.29. The van der Waals surface area contributed by atoms with Gasteiger partial charge in [-0.2, -0.15) is 12.6 Å². The van der Waals surface area contributed by atoms with Crippen molar-refractivity contribution in [2.75, 3.05) is 13.1 Å². The molecule has 1 saturated heterocycles. The Balaban J connectivity index is 1.87. The summed E-state index contributed by atoms with van der Waals surface area (Å²) in [5.74, 6) is 0. The van der Waals surface area contributed by atoms with Crippen molar-refractivity contribution in [3.05, 3.63) is 35.9 Å². The first kappa shape index (κ1) is 10.1. The second kappa shape index (κ2) is 4.85. The Bertz CT molecular complexity index is 265. The number of piperidine rings is 1. The second-order valence-electron chi connectivity index (χ2n) is 3.99. The van der Waals surface area contributed by atoms with E-state index in [4.69, 9.17) is 0 Å².